The summed E-state index contributed by atoms with van der Waals surface area (Å²) < 4.78 is 0. The molecule has 2 amide bonds. The zero-order valence-corrected chi connectivity index (χ0v) is 11.4. The third-order valence-corrected chi connectivity index (χ3v) is 3.59. The highest BCUT2D eigenvalue weighted by molar-refractivity contribution is 8.18. The Bertz CT molecular complexity index is 643. The van der Waals surface area contributed by atoms with Crippen LogP contribution in [-0.4, -0.2) is 38.8 Å². The van der Waals surface area contributed by atoms with Crippen LogP contribution in [0.15, 0.2) is 23.1 Å². The van der Waals surface area contributed by atoms with Gasteiger partial charge >= 0.3 is 5.97 Å². The smallest absolute Gasteiger partial charge is 0.323 e. The summed E-state index contributed by atoms with van der Waals surface area (Å²) in [5.74, 6) is -2.08. The molecule has 0 saturated carbocycles. The Morgan fingerprint density at radius 2 is 2.10 bits per heavy atom. The highest BCUT2D eigenvalue weighted by Gasteiger charge is 2.36. The molecule has 0 bridgehead atoms. The number of phenols is 1. The summed E-state index contributed by atoms with van der Waals surface area (Å²) in [6, 6.07) is 4.27. The Morgan fingerprint density at radius 1 is 1.40 bits per heavy atom. The molecule has 1 fully saturated rings. The number of hydrogen-bond donors (Lipinski definition) is 2. The highest BCUT2D eigenvalue weighted by Crippen LogP contribution is 2.34. The lowest BCUT2D eigenvalue weighted by Gasteiger charge is -2.07. The number of aliphatic carboxylic acids is 1. The molecule has 0 spiro atoms. The number of imide groups is 1. The van der Waals surface area contributed by atoms with Crippen LogP contribution >= 0.6 is 23.4 Å². The number of halogens is 1. The first-order valence-electron chi connectivity index (χ1n) is 5.34. The van der Waals surface area contributed by atoms with Gasteiger partial charge in [0.15, 0.2) is 0 Å². The van der Waals surface area contributed by atoms with Crippen molar-refractivity contribution in [2.45, 2.75) is 0 Å². The first-order valence-corrected chi connectivity index (χ1v) is 6.53. The SMILES string of the molecule is O=C(O)CN1C(=O)S/C(=C\c2cc(Cl)ccc2O)C1=O. The molecular weight excluding hydrogens is 306 g/mol. The number of aromatic hydroxyl groups is 1. The van der Waals surface area contributed by atoms with Crippen LogP contribution in [0, 0.1) is 0 Å². The first kappa shape index (κ1) is 14.4. The Balaban J connectivity index is 2.32. The van der Waals surface area contributed by atoms with Crippen molar-refractivity contribution in [1.29, 1.82) is 0 Å². The van der Waals surface area contributed by atoms with Crippen molar-refractivity contribution in [3.8, 4) is 5.75 Å². The van der Waals surface area contributed by atoms with Crippen LogP contribution in [0.4, 0.5) is 4.79 Å². The van der Waals surface area contributed by atoms with Gasteiger partial charge in [0.1, 0.15) is 12.3 Å². The maximum Gasteiger partial charge on any atom is 0.323 e. The van der Waals surface area contributed by atoms with Gasteiger partial charge in [-0.1, -0.05) is 11.6 Å². The number of hydrogen-bond acceptors (Lipinski definition) is 5. The lowest BCUT2D eigenvalue weighted by Crippen LogP contribution is -2.33. The lowest BCUT2D eigenvalue weighted by atomic mass is 10.2. The van der Waals surface area contributed by atoms with E-state index in [1.54, 1.807) is 0 Å². The van der Waals surface area contributed by atoms with Crippen LogP contribution < -0.4 is 0 Å². The van der Waals surface area contributed by atoms with Gasteiger partial charge in [0, 0.05) is 10.6 Å². The van der Waals surface area contributed by atoms with Crippen LogP contribution in [0.25, 0.3) is 6.08 Å². The van der Waals surface area contributed by atoms with E-state index in [9.17, 15) is 19.5 Å². The van der Waals surface area contributed by atoms with Gasteiger partial charge in [0.05, 0.1) is 4.91 Å². The molecule has 8 heteroatoms. The van der Waals surface area contributed by atoms with Gasteiger partial charge in [0.25, 0.3) is 11.1 Å². The van der Waals surface area contributed by atoms with Gasteiger partial charge in [-0.3, -0.25) is 19.3 Å². The zero-order valence-electron chi connectivity index (χ0n) is 9.87. The third kappa shape index (κ3) is 2.94. The van der Waals surface area contributed by atoms with Crippen LogP contribution in [0.2, 0.25) is 5.02 Å². The zero-order chi connectivity index (χ0) is 14.9. The first-order chi connectivity index (χ1) is 9.38. The van der Waals surface area contributed by atoms with Crippen molar-refractivity contribution >= 4 is 46.6 Å². The van der Waals surface area contributed by atoms with Gasteiger partial charge in [-0.2, -0.15) is 0 Å². The lowest BCUT2D eigenvalue weighted by molar-refractivity contribution is -0.140. The molecule has 0 aliphatic carbocycles. The maximum absolute atomic E-state index is 11.9. The van der Waals surface area contributed by atoms with Crippen molar-refractivity contribution in [1.82, 2.24) is 4.90 Å². The fourth-order valence-electron chi connectivity index (χ4n) is 1.55. The number of benzene rings is 1. The quantitative estimate of drug-likeness (QED) is 0.830. The van der Waals surface area contributed by atoms with Gasteiger partial charge in [-0.25, -0.2) is 0 Å². The van der Waals surface area contributed by atoms with Crippen molar-refractivity contribution in [2.24, 2.45) is 0 Å². The third-order valence-electron chi connectivity index (χ3n) is 2.44. The number of carbonyl (C=O) groups is 3. The number of carboxylic acids is 1. The number of rotatable bonds is 3. The Labute approximate surface area is 122 Å². The maximum atomic E-state index is 11.9. The number of nitrogens with zero attached hydrogens (tertiary/aromatic N) is 1. The standard InChI is InChI=1S/C12H8ClNO5S/c13-7-1-2-8(15)6(3-7)4-9-11(18)14(5-10(16)17)12(19)20-9/h1-4,15H,5H2,(H,16,17)/b9-4-. The molecule has 0 unspecified atom stereocenters. The monoisotopic (exact) mass is 313 g/mol. The molecule has 1 aliphatic heterocycles. The van der Waals surface area contributed by atoms with E-state index in [1.807, 2.05) is 0 Å². The number of phenolic OH excluding ortho intramolecular Hbond substituents is 1. The summed E-state index contributed by atoms with van der Waals surface area (Å²) in [6.07, 6.45) is 1.30. The summed E-state index contributed by atoms with van der Waals surface area (Å²) in [6.45, 7) is -0.691. The molecule has 1 aliphatic rings. The summed E-state index contributed by atoms with van der Waals surface area (Å²) >= 11 is 6.39. The van der Waals surface area contributed by atoms with Gasteiger partial charge in [-0.05, 0) is 36.0 Å². The predicted octanol–water partition coefficient (Wildman–Crippen LogP) is 2.17. The second-order valence-electron chi connectivity index (χ2n) is 3.86. The largest absolute Gasteiger partial charge is 0.507 e. The molecule has 1 aromatic rings. The topological polar surface area (TPSA) is 94.9 Å². The van der Waals surface area contributed by atoms with Crippen LogP contribution in [-0.2, 0) is 9.59 Å². The van der Waals surface area contributed by atoms with Crippen LogP contribution in [0.1, 0.15) is 5.56 Å². The van der Waals surface area contributed by atoms with Crippen molar-refractivity contribution in [2.75, 3.05) is 6.54 Å². The Kier molecular flexibility index (Phi) is 4.01. The summed E-state index contributed by atoms with van der Waals surface area (Å²) in [4.78, 5) is 34.7. The molecule has 0 atom stereocenters. The van der Waals surface area contributed by atoms with E-state index in [0.717, 1.165) is 0 Å². The van der Waals surface area contributed by atoms with E-state index in [1.165, 1.54) is 24.3 Å². The molecule has 2 rings (SSSR count). The molecular formula is C12H8ClNO5S. The van der Waals surface area contributed by atoms with Crippen molar-refractivity contribution < 1.29 is 24.6 Å². The second kappa shape index (κ2) is 5.56. The number of thioether (sulfide) groups is 1. The average Bonchev–Trinajstić information content (AvgIpc) is 2.61. The van der Waals surface area contributed by atoms with E-state index in [4.69, 9.17) is 16.7 Å². The highest BCUT2D eigenvalue weighted by atomic mass is 35.5. The fraction of sp³-hybridized carbons (Fsp3) is 0.0833. The molecule has 20 heavy (non-hydrogen) atoms. The van der Waals surface area contributed by atoms with E-state index in [-0.39, 0.29) is 16.2 Å². The Morgan fingerprint density at radius 3 is 2.75 bits per heavy atom. The minimum atomic E-state index is -1.28. The number of amides is 2. The van der Waals surface area contributed by atoms with Gasteiger partial charge in [0.2, 0.25) is 0 Å². The van der Waals surface area contributed by atoms with Crippen LogP contribution in [0.3, 0.4) is 0 Å². The molecule has 1 aromatic carbocycles. The number of carboxylic acid groups (broad SMARTS) is 1. The molecule has 0 radical (unpaired) electrons. The second-order valence-corrected chi connectivity index (χ2v) is 5.29. The van der Waals surface area contributed by atoms with Crippen molar-refractivity contribution in [3.63, 3.8) is 0 Å². The summed E-state index contributed by atoms with van der Waals surface area (Å²) in [5, 5.41) is 18.0. The predicted molar refractivity (Wildman–Crippen MR) is 73.4 cm³/mol. The molecule has 1 saturated heterocycles. The minimum absolute atomic E-state index is 0.0359. The van der Waals surface area contributed by atoms with E-state index < -0.39 is 23.7 Å². The molecule has 104 valence electrons. The summed E-state index contributed by atoms with van der Waals surface area (Å²) in [5.41, 5.74) is 0.276. The average molecular weight is 314 g/mol. The van der Waals surface area contributed by atoms with E-state index in [2.05, 4.69) is 0 Å². The fourth-order valence-corrected chi connectivity index (χ4v) is 2.56. The minimum Gasteiger partial charge on any atom is -0.507 e. The molecule has 6 nitrogen and oxygen atoms in total. The molecule has 2 N–H and O–H groups in total. The van der Waals surface area contributed by atoms with Crippen molar-refractivity contribution in [3.05, 3.63) is 33.7 Å². The van der Waals surface area contributed by atoms with E-state index >= 15 is 0 Å². The van der Waals surface area contributed by atoms with Gasteiger partial charge in [-0.15, -0.1) is 0 Å². The van der Waals surface area contributed by atoms with Gasteiger partial charge < -0.3 is 10.2 Å². The van der Waals surface area contributed by atoms with E-state index in [0.29, 0.717) is 21.7 Å². The molecule has 1 heterocycles. The number of carbonyl (C=O) groups excluding carboxylic acids is 2. The molecule has 0 aromatic heterocycles. The van der Waals surface area contributed by atoms with Crippen LogP contribution in [0.5, 0.6) is 5.75 Å². The Hall–Kier alpha value is -1.99. The normalized spacial score (nSPS) is 17.1. The summed E-state index contributed by atoms with van der Waals surface area (Å²) in [7, 11) is 0.